The second-order valence-electron chi connectivity index (χ2n) is 3.93. The maximum Gasteiger partial charge on any atom is 0.185 e. The molecule has 2 aromatic rings. The molecule has 0 aliphatic rings. The first-order valence-corrected chi connectivity index (χ1v) is 6.58. The predicted molar refractivity (Wildman–Crippen MR) is 72.8 cm³/mol. The molecular weight excluding hydrogens is 361 g/mol. The van der Waals surface area contributed by atoms with E-state index in [4.69, 9.17) is 11.6 Å². The van der Waals surface area contributed by atoms with Gasteiger partial charge in [0, 0.05) is 22.1 Å². The number of rotatable bonds is 3. The lowest BCUT2D eigenvalue weighted by molar-refractivity contribution is 0.458. The lowest BCUT2D eigenvalue weighted by Gasteiger charge is -2.11. The highest BCUT2D eigenvalue weighted by atomic mass is 79.9. The van der Waals surface area contributed by atoms with E-state index < -0.39 is 29.0 Å². The quantitative estimate of drug-likeness (QED) is 0.575. The number of hydrogen-bond donors (Lipinski definition) is 1. The zero-order valence-corrected chi connectivity index (χ0v) is 12.1. The molecule has 0 fully saturated rings. The van der Waals surface area contributed by atoms with Gasteiger partial charge in [-0.3, -0.25) is 0 Å². The van der Waals surface area contributed by atoms with Gasteiger partial charge in [-0.1, -0.05) is 27.5 Å². The van der Waals surface area contributed by atoms with Crippen LogP contribution in [0, 0.1) is 23.3 Å². The van der Waals surface area contributed by atoms with Crippen LogP contribution >= 0.6 is 27.5 Å². The average molecular weight is 369 g/mol. The minimum atomic E-state index is -1.48. The summed E-state index contributed by atoms with van der Waals surface area (Å²) in [6.45, 7) is -0.0883. The van der Waals surface area contributed by atoms with Gasteiger partial charge in [0.2, 0.25) is 0 Å². The smallest absolute Gasteiger partial charge is 0.185 e. The van der Waals surface area contributed by atoms with E-state index in [0.717, 1.165) is 0 Å². The van der Waals surface area contributed by atoms with E-state index in [1.165, 1.54) is 0 Å². The highest BCUT2D eigenvalue weighted by Gasteiger charge is 2.19. The molecular formula is C13H7BrClF4N. The van der Waals surface area contributed by atoms with Crippen molar-refractivity contribution in [3.05, 3.63) is 62.6 Å². The molecule has 1 nitrogen and oxygen atoms in total. The SMILES string of the molecule is Fc1cc(F)c(F)c(NCc2cc(Br)ccc2Cl)c1F. The van der Waals surface area contributed by atoms with Crippen molar-refractivity contribution < 1.29 is 17.6 Å². The molecule has 0 atom stereocenters. The second kappa shape index (κ2) is 6.01. The summed E-state index contributed by atoms with van der Waals surface area (Å²) in [6.07, 6.45) is 0. The Bertz CT molecular complexity index is 637. The monoisotopic (exact) mass is 367 g/mol. The van der Waals surface area contributed by atoms with Crippen LogP contribution in [0.15, 0.2) is 28.7 Å². The Morgan fingerprint density at radius 3 is 2.20 bits per heavy atom. The number of hydrogen-bond acceptors (Lipinski definition) is 1. The summed E-state index contributed by atoms with van der Waals surface area (Å²) in [5, 5.41) is 2.67. The van der Waals surface area contributed by atoms with Crippen molar-refractivity contribution in [2.45, 2.75) is 6.54 Å². The van der Waals surface area contributed by atoms with E-state index in [2.05, 4.69) is 21.2 Å². The fourth-order valence-corrected chi connectivity index (χ4v) is 2.18. The summed E-state index contributed by atoms with van der Waals surface area (Å²) >= 11 is 9.13. The van der Waals surface area contributed by atoms with Crippen molar-refractivity contribution >= 4 is 33.2 Å². The maximum absolute atomic E-state index is 13.4. The molecule has 0 heterocycles. The maximum atomic E-state index is 13.4. The number of nitrogens with one attached hydrogen (secondary N) is 1. The van der Waals surface area contributed by atoms with Gasteiger partial charge < -0.3 is 5.32 Å². The van der Waals surface area contributed by atoms with Crippen molar-refractivity contribution in [1.29, 1.82) is 0 Å². The molecule has 0 saturated carbocycles. The topological polar surface area (TPSA) is 12.0 Å². The van der Waals surface area contributed by atoms with Gasteiger partial charge in [-0.25, -0.2) is 17.6 Å². The van der Waals surface area contributed by atoms with Gasteiger partial charge in [0.05, 0.1) is 0 Å². The number of anilines is 1. The van der Waals surface area contributed by atoms with Gasteiger partial charge in [-0.2, -0.15) is 0 Å². The first-order valence-electron chi connectivity index (χ1n) is 5.41. The van der Waals surface area contributed by atoms with E-state index in [0.29, 0.717) is 15.1 Å². The zero-order valence-electron chi connectivity index (χ0n) is 9.78. The van der Waals surface area contributed by atoms with Crippen molar-refractivity contribution in [2.24, 2.45) is 0 Å². The molecule has 106 valence electrons. The van der Waals surface area contributed by atoms with Gasteiger partial charge >= 0.3 is 0 Å². The molecule has 0 spiro atoms. The molecule has 1 N–H and O–H groups in total. The normalized spacial score (nSPS) is 10.7. The summed E-state index contributed by atoms with van der Waals surface area (Å²) in [5.41, 5.74) is -0.344. The molecule has 0 aliphatic carbocycles. The molecule has 0 aliphatic heterocycles. The van der Waals surface area contributed by atoms with Crippen LogP contribution in [0.4, 0.5) is 23.2 Å². The van der Waals surface area contributed by atoms with Crippen LogP contribution in [0.25, 0.3) is 0 Å². The summed E-state index contributed by atoms with van der Waals surface area (Å²) in [7, 11) is 0. The minimum absolute atomic E-state index is 0.0883. The Balaban J connectivity index is 2.30. The lowest BCUT2D eigenvalue weighted by Crippen LogP contribution is -2.07. The fourth-order valence-electron chi connectivity index (χ4n) is 1.59. The van der Waals surface area contributed by atoms with Crippen LogP contribution < -0.4 is 5.32 Å². The molecule has 2 aromatic carbocycles. The Morgan fingerprint density at radius 1 is 1.00 bits per heavy atom. The first-order chi connectivity index (χ1) is 9.40. The second-order valence-corrected chi connectivity index (χ2v) is 5.26. The van der Waals surface area contributed by atoms with Crippen molar-refractivity contribution in [1.82, 2.24) is 0 Å². The van der Waals surface area contributed by atoms with Gasteiger partial charge in [0.1, 0.15) is 5.69 Å². The molecule has 20 heavy (non-hydrogen) atoms. The van der Waals surface area contributed by atoms with Crippen LogP contribution in [0.2, 0.25) is 5.02 Å². The van der Waals surface area contributed by atoms with E-state index >= 15 is 0 Å². The van der Waals surface area contributed by atoms with Crippen LogP contribution in [0.5, 0.6) is 0 Å². The fraction of sp³-hybridized carbons (Fsp3) is 0.0769. The molecule has 0 amide bonds. The Morgan fingerprint density at radius 2 is 1.60 bits per heavy atom. The Labute approximate surface area is 125 Å². The number of benzene rings is 2. The average Bonchev–Trinajstić information content (AvgIpc) is 2.40. The van der Waals surface area contributed by atoms with Gasteiger partial charge in [0.25, 0.3) is 0 Å². The first kappa shape index (κ1) is 15.1. The number of halogens is 6. The van der Waals surface area contributed by atoms with Crippen LogP contribution in [0.1, 0.15) is 5.56 Å². The molecule has 2 rings (SSSR count). The third-order valence-corrected chi connectivity index (χ3v) is 3.44. The van der Waals surface area contributed by atoms with Crippen molar-refractivity contribution in [3.63, 3.8) is 0 Å². The highest BCUT2D eigenvalue weighted by Crippen LogP contribution is 2.26. The minimum Gasteiger partial charge on any atom is -0.376 e. The van der Waals surface area contributed by atoms with Crippen LogP contribution in [0.3, 0.4) is 0 Å². The summed E-state index contributed by atoms with van der Waals surface area (Å²) in [6, 6.07) is 5.05. The summed E-state index contributed by atoms with van der Waals surface area (Å²) in [4.78, 5) is 0. The molecule has 0 radical (unpaired) electrons. The third-order valence-electron chi connectivity index (χ3n) is 2.58. The third kappa shape index (κ3) is 3.07. The van der Waals surface area contributed by atoms with Gasteiger partial charge in [0.15, 0.2) is 23.3 Å². The standard InChI is InChI=1S/C13H7BrClF4N/c14-7-1-2-8(15)6(3-7)5-20-13-11(18)9(16)4-10(17)12(13)19/h1-4,20H,5H2. The largest absolute Gasteiger partial charge is 0.376 e. The van der Waals surface area contributed by atoms with Gasteiger partial charge in [-0.15, -0.1) is 0 Å². The van der Waals surface area contributed by atoms with Crippen LogP contribution in [-0.2, 0) is 6.54 Å². The molecule has 0 aromatic heterocycles. The predicted octanol–water partition coefficient (Wildman–Crippen LogP) is 5.27. The molecule has 7 heteroatoms. The summed E-state index contributed by atoms with van der Waals surface area (Å²) < 4.78 is 53.7. The van der Waals surface area contributed by atoms with E-state index in [9.17, 15) is 17.6 Å². The van der Waals surface area contributed by atoms with Gasteiger partial charge in [-0.05, 0) is 23.8 Å². The lowest BCUT2D eigenvalue weighted by atomic mass is 10.2. The molecule has 0 saturated heterocycles. The summed E-state index contributed by atoms with van der Waals surface area (Å²) in [5.74, 6) is -5.89. The molecule has 0 unspecified atom stereocenters. The van der Waals surface area contributed by atoms with E-state index in [-0.39, 0.29) is 12.6 Å². The van der Waals surface area contributed by atoms with E-state index in [1.54, 1.807) is 18.2 Å². The highest BCUT2D eigenvalue weighted by molar-refractivity contribution is 9.10. The van der Waals surface area contributed by atoms with Crippen molar-refractivity contribution in [2.75, 3.05) is 5.32 Å². The zero-order chi connectivity index (χ0) is 14.9. The Hall–Kier alpha value is -1.27. The Kier molecular flexibility index (Phi) is 4.55. The molecule has 0 bridgehead atoms. The van der Waals surface area contributed by atoms with Crippen LogP contribution in [-0.4, -0.2) is 0 Å². The van der Waals surface area contributed by atoms with E-state index in [1.807, 2.05) is 0 Å². The van der Waals surface area contributed by atoms with Crippen molar-refractivity contribution in [3.8, 4) is 0 Å².